The van der Waals surface area contributed by atoms with Crippen LogP contribution in [0.3, 0.4) is 0 Å². The van der Waals surface area contributed by atoms with Crippen molar-refractivity contribution in [2.45, 2.75) is 24.8 Å². The fraction of sp³-hybridized carbons (Fsp3) is 0.462. The molecule has 1 rings (SSSR count). The van der Waals surface area contributed by atoms with E-state index in [2.05, 4.69) is 11.3 Å². The van der Waals surface area contributed by atoms with Gasteiger partial charge in [-0.3, -0.25) is 0 Å². The van der Waals surface area contributed by atoms with Crippen LogP contribution < -0.4 is 4.72 Å². The average Bonchev–Trinajstić information content (AvgIpc) is 2.84. The largest absolute Gasteiger partial charge is 0.477 e. The van der Waals surface area contributed by atoms with Crippen LogP contribution in [0.4, 0.5) is 0 Å². The monoisotopic (exact) mass is 332 g/mol. The molecule has 0 fully saturated rings. The van der Waals surface area contributed by atoms with E-state index in [0.29, 0.717) is 5.75 Å². The minimum atomic E-state index is -3.69. The number of carboxylic acids is 1. The molecule has 0 spiro atoms. The molecule has 0 atom stereocenters. The third-order valence-electron chi connectivity index (χ3n) is 2.68. The van der Waals surface area contributed by atoms with E-state index in [1.165, 1.54) is 16.8 Å². The zero-order chi connectivity index (χ0) is 16.0. The smallest absolute Gasteiger partial charge is 0.352 e. The number of rotatable bonds is 9. The first-order chi connectivity index (χ1) is 9.79. The predicted octanol–water partition coefficient (Wildman–Crippen LogP) is 1.96. The molecule has 0 aliphatic carbocycles. The lowest BCUT2D eigenvalue weighted by Gasteiger charge is -2.09. The van der Waals surface area contributed by atoms with Gasteiger partial charge in [0, 0.05) is 30.3 Å². The maximum absolute atomic E-state index is 12.1. The molecule has 118 valence electrons. The summed E-state index contributed by atoms with van der Waals surface area (Å²) < 4.78 is 28.2. The Morgan fingerprint density at radius 3 is 2.71 bits per heavy atom. The molecular weight excluding hydrogens is 312 g/mol. The number of nitrogens with zero attached hydrogens (tertiary/aromatic N) is 1. The number of nitrogens with one attached hydrogen (secondary N) is 1. The molecule has 1 aromatic heterocycles. The Hall–Kier alpha value is -1.25. The molecule has 0 aliphatic heterocycles. The first-order valence-corrected chi connectivity index (χ1v) is 9.07. The molecule has 21 heavy (non-hydrogen) atoms. The van der Waals surface area contributed by atoms with Gasteiger partial charge >= 0.3 is 5.97 Å². The van der Waals surface area contributed by atoms with Crippen molar-refractivity contribution in [2.75, 3.05) is 18.1 Å². The number of thioether (sulfide) groups is 1. The molecule has 0 aromatic carbocycles. The Morgan fingerprint density at radius 2 is 2.24 bits per heavy atom. The van der Waals surface area contributed by atoms with Gasteiger partial charge in [-0.25, -0.2) is 17.9 Å². The summed E-state index contributed by atoms with van der Waals surface area (Å²) in [4.78, 5) is 11.1. The van der Waals surface area contributed by atoms with Crippen molar-refractivity contribution >= 4 is 27.8 Å². The van der Waals surface area contributed by atoms with Crippen LogP contribution in [0.1, 0.15) is 30.4 Å². The van der Waals surface area contributed by atoms with Crippen molar-refractivity contribution in [3.63, 3.8) is 0 Å². The molecule has 8 heteroatoms. The summed E-state index contributed by atoms with van der Waals surface area (Å²) in [5.41, 5.74) is -0.0357. The van der Waals surface area contributed by atoms with Crippen molar-refractivity contribution in [1.82, 2.24) is 9.29 Å². The Bertz CT molecular complexity index is 606. The second-order valence-electron chi connectivity index (χ2n) is 4.63. The van der Waals surface area contributed by atoms with Gasteiger partial charge in [0.05, 0.1) is 0 Å². The van der Waals surface area contributed by atoms with Gasteiger partial charge in [0.1, 0.15) is 10.6 Å². The van der Waals surface area contributed by atoms with E-state index in [4.69, 9.17) is 5.11 Å². The lowest BCUT2D eigenvalue weighted by molar-refractivity contribution is 0.0683. The Labute approximate surface area is 129 Å². The number of carbonyl (C=O) groups is 1. The molecule has 0 unspecified atom stereocenters. The number of aromatic carboxylic acids is 1. The maximum Gasteiger partial charge on any atom is 0.352 e. The summed E-state index contributed by atoms with van der Waals surface area (Å²) in [5, 5.41) is 9.12. The highest BCUT2D eigenvalue weighted by atomic mass is 32.2. The first-order valence-electron chi connectivity index (χ1n) is 6.43. The van der Waals surface area contributed by atoms with E-state index in [0.717, 1.165) is 5.75 Å². The summed E-state index contributed by atoms with van der Waals surface area (Å²) in [7, 11) is -3.69. The van der Waals surface area contributed by atoms with Gasteiger partial charge in [-0.1, -0.05) is 6.08 Å². The fourth-order valence-electron chi connectivity index (χ4n) is 1.70. The summed E-state index contributed by atoms with van der Waals surface area (Å²) in [5.74, 6) is 0.239. The normalized spacial score (nSPS) is 11.8. The van der Waals surface area contributed by atoms with Crippen LogP contribution in [0.2, 0.25) is 0 Å². The molecule has 0 amide bonds. The number of aromatic nitrogens is 1. The number of carboxylic acid groups (broad SMARTS) is 1. The van der Waals surface area contributed by atoms with E-state index in [-0.39, 0.29) is 23.2 Å². The molecule has 0 saturated carbocycles. The highest BCUT2D eigenvalue weighted by Crippen LogP contribution is 2.19. The van der Waals surface area contributed by atoms with E-state index >= 15 is 0 Å². The highest BCUT2D eigenvalue weighted by molar-refractivity contribution is 7.99. The van der Waals surface area contributed by atoms with Crippen LogP contribution in [-0.4, -0.2) is 42.1 Å². The molecule has 2 N–H and O–H groups in total. The third-order valence-corrected chi connectivity index (χ3v) is 5.08. The van der Waals surface area contributed by atoms with Gasteiger partial charge < -0.3 is 9.67 Å². The minimum Gasteiger partial charge on any atom is -0.477 e. The van der Waals surface area contributed by atoms with Crippen molar-refractivity contribution in [2.24, 2.45) is 0 Å². The van der Waals surface area contributed by atoms with Crippen molar-refractivity contribution in [1.29, 1.82) is 0 Å². The van der Waals surface area contributed by atoms with Gasteiger partial charge in [-0.15, -0.1) is 6.58 Å². The number of sulfonamides is 1. The maximum atomic E-state index is 12.1. The molecule has 0 saturated heterocycles. The molecular formula is C13H20N2O4S2. The van der Waals surface area contributed by atoms with E-state index in [9.17, 15) is 13.2 Å². The van der Waals surface area contributed by atoms with Gasteiger partial charge in [-0.05, 0) is 19.9 Å². The highest BCUT2D eigenvalue weighted by Gasteiger charge is 2.22. The summed E-state index contributed by atoms with van der Waals surface area (Å²) in [6.45, 7) is 7.46. The van der Waals surface area contributed by atoms with Crippen LogP contribution in [0.25, 0.3) is 0 Å². The third kappa shape index (κ3) is 4.90. The molecule has 0 bridgehead atoms. The van der Waals surface area contributed by atoms with E-state index in [1.54, 1.807) is 31.7 Å². The van der Waals surface area contributed by atoms with E-state index in [1.807, 2.05) is 0 Å². The predicted molar refractivity (Wildman–Crippen MR) is 84.5 cm³/mol. The molecule has 1 aromatic rings. The lowest BCUT2D eigenvalue weighted by atomic mass is 10.3. The fourth-order valence-corrected chi connectivity index (χ4v) is 3.46. The second kappa shape index (κ2) is 7.67. The standard InChI is InChI=1S/C13H20N2O4S2/c1-4-6-20-7-5-14-21(18,19)11-8-12(13(16)17)15(9-11)10(2)3/h4,8-10,14H,1,5-7H2,2-3H3,(H,16,17). The second-order valence-corrected chi connectivity index (χ2v) is 7.55. The number of hydrogen-bond acceptors (Lipinski definition) is 4. The van der Waals surface area contributed by atoms with Crippen molar-refractivity contribution < 1.29 is 18.3 Å². The Balaban J connectivity index is 2.86. The Morgan fingerprint density at radius 1 is 1.57 bits per heavy atom. The SMILES string of the molecule is C=CCSCCNS(=O)(=O)c1cc(C(=O)O)n(C(C)C)c1. The van der Waals surface area contributed by atoms with Crippen LogP contribution in [-0.2, 0) is 10.0 Å². The topological polar surface area (TPSA) is 88.4 Å². The summed E-state index contributed by atoms with van der Waals surface area (Å²) in [6, 6.07) is 1.05. The molecule has 0 aliphatic rings. The van der Waals surface area contributed by atoms with Gasteiger partial charge in [-0.2, -0.15) is 11.8 Å². The quantitative estimate of drug-likeness (QED) is 0.533. The van der Waals surface area contributed by atoms with Gasteiger partial charge in [0.25, 0.3) is 0 Å². The summed E-state index contributed by atoms with van der Waals surface area (Å²) >= 11 is 1.56. The zero-order valence-corrected chi connectivity index (χ0v) is 13.7. The van der Waals surface area contributed by atoms with Crippen LogP contribution in [0.5, 0.6) is 0 Å². The molecule has 6 nitrogen and oxygen atoms in total. The average molecular weight is 332 g/mol. The molecule has 1 heterocycles. The van der Waals surface area contributed by atoms with Crippen LogP contribution in [0.15, 0.2) is 29.8 Å². The van der Waals surface area contributed by atoms with Crippen molar-refractivity contribution in [3.05, 3.63) is 30.6 Å². The zero-order valence-electron chi connectivity index (χ0n) is 12.1. The first kappa shape index (κ1) is 17.8. The van der Waals surface area contributed by atoms with Gasteiger partial charge in [0.2, 0.25) is 10.0 Å². The Kier molecular flexibility index (Phi) is 6.50. The van der Waals surface area contributed by atoms with Crippen LogP contribution >= 0.6 is 11.8 Å². The van der Waals surface area contributed by atoms with E-state index < -0.39 is 16.0 Å². The molecule has 0 radical (unpaired) electrons. The summed E-state index contributed by atoms with van der Waals surface area (Å²) in [6.07, 6.45) is 3.11. The van der Waals surface area contributed by atoms with Gasteiger partial charge in [0.15, 0.2) is 0 Å². The van der Waals surface area contributed by atoms with Crippen molar-refractivity contribution in [3.8, 4) is 0 Å². The van der Waals surface area contributed by atoms with Crippen LogP contribution in [0, 0.1) is 0 Å². The number of hydrogen-bond donors (Lipinski definition) is 2. The minimum absolute atomic E-state index is 0.0256. The lowest BCUT2D eigenvalue weighted by Crippen LogP contribution is -2.25.